The molecule has 2 N–H and O–H groups in total. The molecule has 2 saturated heterocycles. The van der Waals surface area contributed by atoms with Crippen molar-refractivity contribution in [2.75, 3.05) is 56.1 Å². The predicted molar refractivity (Wildman–Crippen MR) is 117 cm³/mol. The number of rotatable bonds is 5. The average molecular weight is 409 g/mol. The monoisotopic (exact) mass is 408 g/mol. The van der Waals surface area contributed by atoms with Crippen molar-refractivity contribution in [2.24, 2.45) is 0 Å². The molecule has 0 atom stereocenters. The molecule has 0 saturated carbocycles. The SMILES string of the molecule is Cc1cc(C(=O)NCc2ccnc(N3CCN(C)CC3)c2)ccc1N1CCNC1=O. The number of hydrogen-bond acceptors (Lipinski definition) is 5. The molecule has 2 aliphatic rings. The Balaban J connectivity index is 1.38. The molecule has 30 heavy (non-hydrogen) atoms. The van der Waals surface area contributed by atoms with Crippen LogP contribution in [0.15, 0.2) is 36.5 Å². The summed E-state index contributed by atoms with van der Waals surface area (Å²) in [6.07, 6.45) is 1.80. The number of aryl methyl sites for hydroxylation is 1. The van der Waals surface area contributed by atoms with Crippen LogP contribution in [-0.2, 0) is 6.54 Å². The highest BCUT2D eigenvalue weighted by Crippen LogP contribution is 2.23. The zero-order valence-electron chi connectivity index (χ0n) is 17.5. The van der Waals surface area contributed by atoms with Crippen LogP contribution in [0, 0.1) is 6.92 Å². The Morgan fingerprint density at radius 3 is 2.63 bits per heavy atom. The predicted octanol–water partition coefficient (Wildman–Crippen LogP) is 1.60. The zero-order valence-corrected chi connectivity index (χ0v) is 17.5. The third kappa shape index (κ3) is 4.38. The second-order valence-corrected chi connectivity index (χ2v) is 7.88. The van der Waals surface area contributed by atoms with Gasteiger partial charge in [-0.05, 0) is 55.4 Å². The highest BCUT2D eigenvalue weighted by atomic mass is 16.2. The van der Waals surface area contributed by atoms with Crippen molar-refractivity contribution < 1.29 is 9.59 Å². The van der Waals surface area contributed by atoms with Crippen molar-refractivity contribution in [3.63, 3.8) is 0 Å². The molecule has 1 aromatic heterocycles. The molecule has 2 aliphatic heterocycles. The number of urea groups is 1. The van der Waals surface area contributed by atoms with Gasteiger partial charge in [0.2, 0.25) is 0 Å². The maximum absolute atomic E-state index is 12.7. The molecule has 3 amide bonds. The number of amides is 3. The third-order valence-corrected chi connectivity index (χ3v) is 5.70. The Morgan fingerprint density at radius 2 is 1.93 bits per heavy atom. The van der Waals surface area contributed by atoms with Crippen LogP contribution >= 0.6 is 0 Å². The molecule has 1 aromatic carbocycles. The lowest BCUT2D eigenvalue weighted by Crippen LogP contribution is -2.44. The van der Waals surface area contributed by atoms with Crippen LogP contribution in [-0.4, -0.2) is 68.1 Å². The standard InChI is InChI=1S/C22H28N6O2/c1-16-13-18(3-4-19(16)28-8-7-24-22(28)30)21(29)25-15-17-5-6-23-20(14-17)27-11-9-26(2)10-12-27/h3-6,13-14H,7-12,15H2,1-2H3,(H,24,30)(H,25,29). The maximum Gasteiger partial charge on any atom is 0.322 e. The van der Waals surface area contributed by atoms with Crippen LogP contribution in [0.3, 0.4) is 0 Å². The van der Waals surface area contributed by atoms with Crippen molar-refractivity contribution in [2.45, 2.75) is 13.5 Å². The Kier molecular flexibility index (Phi) is 5.85. The average Bonchev–Trinajstić information content (AvgIpc) is 3.18. The fourth-order valence-electron chi connectivity index (χ4n) is 3.86. The van der Waals surface area contributed by atoms with Gasteiger partial charge in [-0.3, -0.25) is 9.69 Å². The van der Waals surface area contributed by atoms with Gasteiger partial charge in [-0.15, -0.1) is 0 Å². The van der Waals surface area contributed by atoms with E-state index in [0.717, 1.165) is 48.8 Å². The number of nitrogens with one attached hydrogen (secondary N) is 2. The normalized spacial score (nSPS) is 17.2. The number of benzene rings is 1. The summed E-state index contributed by atoms with van der Waals surface area (Å²) in [5, 5.41) is 5.79. The number of nitrogens with zero attached hydrogens (tertiary/aromatic N) is 4. The summed E-state index contributed by atoms with van der Waals surface area (Å²) in [7, 11) is 2.13. The topological polar surface area (TPSA) is 80.8 Å². The van der Waals surface area contributed by atoms with Gasteiger partial charge in [-0.2, -0.15) is 0 Å². The van der Waals surface area contributed by atoms with Crippen molar-refractivity contribution in [3.8, 4) is 0 Å². The lowest BCUT2D eigenvalue weighted by molar-refractivity contribution is 0.0951. The lowest BCUT2D eigenvalue weighted by Gasteiger charge is -2.33. The first-order chi connectivity index (χ1) is 14.5. The van der Waals surface area contributed by atoms with Gasteiger partial charge in [0.25, 0.3) is 5.91 Å². The minimum Gasteiger partial charge on any atom is -0.354 e. The first-order valence-corrected chi connectivity index (χ1v) is 10.3. The first kappa shape index (κ1) is 20.2. The Hall–Kier alpha value is -3.13. The lowest BCUT2D eigenvalue weighted by atomic mass is 10.1. The highest BCUT2D eigenvalue weighted by molar-refractivity contribution is 5.97. The quantitative estimate of drug-likeness (QED) is 0.786. The second kappa shape index (κ2) is 8.71. The number of carbonyl (C=O) groups excluding carboxylic acids is 2. The molecule has 0 unspecified atom stereocenters. The van der Waals surface area contributed by atoms with Crippen molar-refractivity contribution in [3.05, 3.63) is 53.2 Å². The van der Waals surface area contributed by atoms with Crippen molar-refractivity contribution in [1.29, 1.82) is 0 Å². The Bertz CT molecular complexity index is 939. The van der Waals surface area contributed by atoms with Crippen LogP contribution in [0.5, 0.6) is 0 Å². The zero-order chi connectivity index (χ0) is 21.1. The molecule has 0 spiro atoms. The number of anilines is 2. The van der Waals surface area contributed by atoms with Gasteiger partial charge in [-0.1, -0.05) is 0 Å². The molecule has 0 bridgehead atoms. The smallest absolute Gasteiger partial charge is 0.322 e. The molecule has 4 rings (SSSR count). The number of hydrogen-bond donors (Lipinski definition) is 2. The van der Waals surface area contributed by atoms with E-state index < -0.39 is 0 Å². The second-order valence-electron chi connectivity index (χ2n) is 7.88. The van der Waals surface area contributed by atoms with E-state index >= 15 is 0 Å². The molecular formula is C22H28N6O2. The van der Waals surface area contributed by atoms with Crippen LogP contribution in [0.25, 0.3) is 0 Å². The van der Waals surface area contributed by atoms with Crippen molar-refractivity contribution >= 4 is 23.4 Å². The van der Waals surface area contributed by atoms with Crippen LogP contribution in [0.2, 0.25) is 0 Å². The van der Waals surface area contributed by atoms with E-state index in [1.165, 1.54) is 0 Å². The Labute approximate surface area is 176 Å². The summed E-state index contributed by atoms with van der Waals surface area (Å²) >= 11 is 0. The maximum atomic E-state index is 12.7. The molecule has 8 heteroatoms. The van der Waals surface area contributed by atoms with Gasteiger partial charge in [0.15, 0.2) is 0 Å². The fourth-order valence-corrected chi connectivity index (χ4v) is 3.86. The number of likely N-dealkylation sites (N-methyl/N-ethyl adjacent to an activating group) is 1. The van der Waals surface area contributed by atoms with Crippen LogP contribution < -0.4 is 20.4 Å². The molecule has 2 fully saturated rings. The summed E-state index contributed by atoms with van der Waals surface area (Å²) in [6, 6.07) is 9.33. The van der Waals surface area contributed by atoms with E-state index in [2.05, 4.69) is 32.5 Å². The van der Waals surface area contributed by atoms with E-state index in [-0.39, 0.29) is 11.9 Å². The molecular weight excluding hydrogens is 380 g/mol. The molecule has 2 aromatic rings. The van der Waals surface area contributed by atoms with Gasteiger partial charge in [-0.25, -0.2) is 9.78 Å². The molecule has 0 aliphatic carbocycles. The minimum absolute atomic E-state index is 0.0934. The van der Waals surface area contributed by atoms with Gasteiger partial charge in [0, 0.05) is 63.3 Å². The van der Waals surface area contributed by atoms with Gasteiger partial charge < -0.3 is 20.4 Å². The summed E-state index contributed by atoms with van der Waals surface area (Å²) in [6.45, 7) is 7.61. The van der Waals surface area contributed by atoms with E-state index in [9.17, 15) is 9.59 Å². The summed E-state index contributed by atoms with van der Waals surface area (Å²) in [5.74, 6) is 0.826. The molecule has 3 heterocycles. The number of piperazine rings is 1. The molecule has 0 radical (unpaired) electrons. The van der Waals surface area contributed by atoms with Crippen LogP contribution in [0.1, 0.15) is 21.5 Å². The first-order valence-electron chi connectivity index (χ1n) is 10.3. The Morgan fingerprint density at radius 1 is 1.13 bits per heavy atom. The van der Waals surface area contributed by atoms with Gasteiger partial charge >= 0.3 is 6.03 Å². The van der Waals surface area contributed by atoms with E-state index in [1.807, 2.05) is 31.2 Å². The molecule has 158 valence electrons. The van der Waals surface area contributed by atoms with Crippen LogP contribution in [0.4, 0.5) is 16.3 Å². The van der Waals surface area contributed by atoms with Gasteiger partial charge in [0.05, 0.1) is 0 Å². The molecule has 8 nitrogen and oxygen atoms in total. The summed E-state index contributed by atoms with van der Waals surface area (Å²) < 4.78 is 0. The highest BCUT2D eigenvalue weighted by Gasteiger charge is 2.23. The third-order valence-electron chi connectivity index (χ3n) is 5.70. The fraction of sp³-hybridized carbons (Fsp3) is 0.409. The summed E-state index contributed by atoms with van der Waals surface area (Å²) in [4.78, 5) is 35.3. The van der Waals surface area contributed by atoms with E-state index in [1.54, 1.807) is 17.2 Å². The number of pyridine rings is 1. The number of aromatic nitrogens is 1. The van der Waals surface area contributed by atoms with E-state index in [4.69, 9.17) is 0 Å². The minimum atomic E-state index is -0.131. The summed E-state index contributed by atoms with van der Waals surface area (Å²) in [5.41, 5.74) is 3.35. The van der Waals surface area contributed by atoms with E-state index in [0.29, 0.717) is 25.2 Å². The number of carbonyl (C=O) groups is 2. The largest absolute Gasteiger partial charge is 0.354 e. The van der Waals surface area contributed by atoms with Crippen molar-refractivity contribution in [1.82, 2.24) is 20.5 Å². The van der Waals surface area contributed by atoms with Gasteiger partial charge in [0.1, 0.15) is 5.82 Å².